The highest BCUT2D eigenvalue weighted by Crippen LogP contribution is 2.18. The Labute approximate surface area is 150 Å². The van der Waals surface area contributed by atoms with Crippen LogP contribution in [0, 0.1) is 10.1 Å². The molecule has 0 unspecified atom stereocenters. The predicted molar refractivity (Wildman–Crippen MR) is 98.2 cm³/mol. The zero-order chi connectivity index (χ0) is 17.9. The summed E-state index contributed by atoms with van der Waals surface area (Å²) in [7, 11) is 0. The number of rotatable bonds is 6. The van der Waals surface area contributed by atoms with Crippen LogP contribution in [0.4, 0.5) is 11.6 Å². The molecule has 0 radical (unpaired) electrons. The van der Waals surface area contributed by atoms with E-state index in [-0.39, 0.29) is 5.82 Å². The highest BCUT2D eigenvalue weighted by molar-refractivity contribution is 5.48. The second kappa shape index (κ2) is 7.09. The van der Waals surface area contributed by atoms with Crippen molar-refractivity contribution in [3.63, 3.8) is 0 Å². The SMILES string of the molecule is O=[N+]([O-])c1cnc2ccc(NCCCN3CCc4ccccc4C3)nn12. The molecule has 8 nitrogen and oxygen atoms in total. The molecule has 0 bridgehead atoms. The van der Waals surface area contributed by atoms with E-state index in [4.69, 9.17) is 0 Å². The fourth-order valence-electron chi connectivity index (χ4n) is 3.34. The molecule has 1 aliphatic heterocycles. The molecule has 0 spiro atoms. The van der Waals surface area contributed by atoms with Gasteiger partial charge >= 0.3 is 5.82 Å². The van der Waals surface area contributed by atoms with E-state index in [9.17, 15) is 10.1 Å². The smallest absolute Gasteiger partial charge is 0.367 e. The third kappa shape index (κ3) is 3.36. The molecule has 0 atom stereocenters. The van der Waals surface area contributed by atoms with Crippen molar-refractivity contribution >= 4 is 17.3 Å². The second-order valence-corrected chi connectivity index (χ2v) is 6.44. The molecule has 26 heavy (non-hydrogen) atoms. The van der Waals surface area contributed by atoms with Crippen molar-refractivity contribution < 1.29 is 4.92 Å². The minimum atomic E-state index is -0.481. The van der Waals surface area contributed by atoms with Gasteiger partial charge in [0.25, 0.3) is 0 Å². The fraction of sp³-hybridized carbons (Fsp3) is 0.333. The van der Waals surface area contributed by atoms with Gasteiger partial charge in [0.05, 0.1) is 0 Å². The molecule has 3 aromatic rings. The lowest BCUT2D eigenvalue weighted by Gasteiger charge is -2.28. The Balaban J connectivity index is 1.31. The summed E-state index contributed by atoms with van der Waals surface area (Å²) < 4.78 is 1.25. The van der Waals surface area contributed by atoms with E-state index < -0.39 is 4.92 Å². The number of nitrogens with zero attached hydrogens (tertiary/aromatic N) is 5. The molecule has 1 N–H and O–H groups in total. The van der Waals surface area contributed by atoms with Crippen LogP contribution >= 0.6 is 0 Å². The number of nitro groups is 1. The van der Waals surface area contributed by atoms with E-state index in [1.54, 1.807) is 12.1 Å². The van der Waals surface area contributed by atoms with E-state index in [2.05, 4.69) is 44.6 Å². The number of fused-ring (bicyclic) bond motifs is 2. The van der Waals surface area contributed by atoms with Crippen LogP contribution in [0.1, 0.15) is 17.5 Å². The van der Waals surface area contributed by atoms with Crippen LogP contribution in [-0.2, 0) is 13.0 Å². The molecule has 0 amide bonds. The van der Waals surface area contributed by atoms with Crippen LogP contribution < -0.4 is 5.32 Å². The van der Waals surface area contributed by atoms with Crippen LogP contribution in [0.3, 0.4) is 0 Å². The second-order valence-electron chi connectivity index (χ2n) is 6.44. The predicted octanol–water partition coefficient (Wildman–Crippen LogP) is 2.50. The summed E-state index contributed by atoms with van der Waals surface area (Å²) >= 11 is 0. The van der Waals surface area contributed by atoms with E-state index in [1.165, 1.54) is 21.8 Å². The quantitative estimate of drug-likeness (QED) is 0.416. The number of hydrogen-bond donors (Lipinski definition) is 1. The molecule has 1 aliphatic rings. The largest absolute Gasteiger partial charge is 0.368 e. The van der Waals surface area contributed by atoms with Crippen molar-refractivity contribution in [2.75, 3.05) is 25.0 Å². The first-order chi connectivity index (χ1) is 12.7. The number of anilines is 1. The third-order valence-corrected chi connectivity index (χ3v) is 4.70. The van der Waals surface area contributed by atoms with Crippen molar-refractivity contribution in [3.8, 4) is 0 Å². The summed E-state index contributed by atoms with van der Waals surface area (Å²) in [6.07, 6.45) is 3.31. The molecule has 0 fully saturated rings. The Morgan fingerprint density at radius 1 is 1.19 bits per heavy atom. The van der Waals surface area contributed by atoms with E-state index >= 15 is 0 Å². The molecular weight excluding hydrogens is 332 g/mol. The average molecular weight is 352 g/mol. The maximum absolute atomic E-state index is 11.0. The van der Waals surface area contributed by atoms with Crippen molar-refractivity contribution in [1.82, 2.24) is 19.5 Å². The highest BCUT2D eigenvalue weighted by Gasteiger charge is 2.17. The van der Waals surface area contributed by atoms with Crippen molar-refractivity contribution in [3.05, 3.63) is 63.8 Å². The summed E-state index contributed by atoms with van der Waals surface area (Å²) in [5.41, 5.74) is 3.35. The molecular formula is C18H20N6O2. The first kappa shape index (κ1) is 16.5. The number of hydrogen-bond acceptors (Lipinski definition) is 6. The van der Waals surface area contributed by atoms with Gasteiger partial charge in [0, 0.05) is 32.2 Å². The van der Waals surface area contributed by atoms with E-state index in [0.29, 0.717) is 11.5 Å². The van der Waals surface area contributed by atoms with Crippen molar-refractivity contribution in [2.45, 2.75) is 19.4 Å². The molecule has 0 saturated heterocycles. The Morgan fingerprint density at radius 2 is 2.04 bits per heavy atom. The van der Waals surface area contributed by atoms with Gasteiger partial charge in [0.1, 0.15) is 6.20 Å². The summed E-state index contributed by atoms with van der Waals surface area (Å²) in [5.74, 6) is 0.484. The minimum Gasteiger partial charge on any atom is -0.367 e. The first-order valence-electron chi connectivity index (χ1n) is 8.73. The lowest BCUT2D eigenvalue weighted by Crippen LogP contribution is -2.32. The molecule has 2 aromatic heterocycles. The normalized spacial score (nSPS) is 14.3. The summed E-state index contributed by atoms with van der Waals surface area (Å²) in [5, 5.41) is 18.5. The molecule has 4 rings (SSSR count). The van der Waals surface area contributed by atoms with Crippen molar-refractivity contribution in [2.24, 2.45) is 0 Å². The average Bonchev–Trinajstić information content (AvgIpc) is 3.08. The molecule has 134 valence electrons. The Kier molecular flexibility index (Phi) is 4.49. The van der Waals surface area contributed by atoms with Crippen LogP contribution in [-0.4, -0.2) is 44.1 Å². The standard InChI is InChI=1S/C18H20N6O2/c25-24(26)18-12-20-17-7-6-16(21-23(17)18)19-9-3-10-22-11-8-14-4-1-2-5-15(14)13-22/h1-2,4-7,12H,3,8-11,13H2,(H,19,21). The molecule has 8 heteroatoms. The first-order valence-corrected chi connectivity index (χ1v) is 8.73. The Morgan fingerprint density at radius 3 is 2.88 bits per heavy atom. The maximum Gasteiger partial charge on any atom is 0.368 e. The van der Waals surface area contributed by atoms with Gasteiger partial charge in [0.15, 0.2) is 5.82 Å². The maximum atomic E-state index is 11.0. The molecule has 0 aliphatic carbocycles. The fourth-order valence-corrected chi connectivity index (χ4v) is 3.34. The lowest BCUT2D eigenvalue weighted by atomic mass is 10.00. The molecule has 1 aromatic carbocycles. The lowest BCUT2D eigenvalue weighted by molar-refractivity contribution is -0.391. The van der Waals surface area contributed by atoms with Crippen LogP contribution in [0.2, 0.25) is 0 Å². The highest BCUT2D eigenvalue weighted by atomic mass is 16.6. The zero-order valence-electron chi connectivity index (χ0n) is 14.3. The van der Waals surface area contributed by atoms with E-state index in [1.807, 2.05) is 0 Å². The summed E-state index contributed by atoms with van der Waals surface area (Å²) in [4.78, 5) is 16.9. The number of aromatic nitrogens is 3. The Hall–Kier alpha value is -3.00. The van der Waals surface area contributed by atoms with Gasteiger partial charge in [-0.15, -0.1) is 0 Å². The van der Waals surface area contributed by atoms with Gasteiger partial charge in [-0.3, -0.25) is 4.90 Å². The molecule has 3 heterocycles. The van der Waals surface area contributed by atoms with Crippen LogP contribution in [0.5, 0.6) is 0 Å². The third-order valence-electron chi connectivity index (χ3n) is 4.70. The topological polar surface area (TPSA) is 88.6 Å². The monoisotopic (exact) mass is 352 g/mol. The van der Waals surface area contributed by atoms with Crippen LogP contribution in [0.15, 0.2) is 42.6 Å². The summed E-state index contributed by atoms with van der Waals surface area (Å²) in [6, 6.07) is 12.1. The van der Waals surface area contributed by atoms with Gasteiger partial charge < -0.3 is 15.4 Å². The summed E-state index contributed by atoms with van der Waals surface area (Å²) in [6.45, 7) is 3.86. The van der Waals surface area contributed by atoms with Crippen molar-refractivity contribution in [1.29, 1.82) is 0 Å². The number of nitrogens with one attached hydrogen (secondary N) is 1. The van der Waals surface area contributed by atoms with Gasteiger partial charge in [-0.2, -0.15) is 0 Å². The van der Waals surface area contributed by atoms with Crippen LogP contribution in [0.25, 0.3) is 5.65 Å². The number of imidazole rings is 1. The number of benzene rings is 1. The molecule has 0 saturated carbocycles. The minimum absolute atomic E-state index is 0.129. The van der Waals surface area contributed by atoms with Gasteiger partial charge in [-0.05, 0) is 35.0 Å². The van der Waals surface area contributed by atoms with Gasteiger partial charge in [-0.25, -0.2) is 4.98 Å². The van der Waals surface area contributed by atoms with Gasteiger partial charge in [-0.1, -0.05) is 33.9 Å². The Bertz CT molecular complexity index is 938. The van der Waals surface area contributed by atoms with Gasteiger partial charge in [0.2, 0.25) is 5.65 Å². The van der Waals surface area contributed by atoms with E-state index in [0.717, 1.165) is 39.0 Å². The zero-order valence-corrected chi connectivity index (χ0v) is 14.3.